The van der Waals surface area contributed by atoms with Crippen LogP contribution in [0.25, 0.3) is 10.8 Å². The number of carbonyl (C=O) groups excluding carboxylic acids is 1. The van der Waals surface area contributed by atoms with Crippen molar-refractivity contribution in [3.63, 3.8) is 0 Å². The molecule has 0 aliphatic carbocycles. The lowest BCUT2D eigenvalue weighted by Gasteiger charge is -2.44. The molecule has 3 rings (SSSR count). The van der Waals surface area contributed by atoms with Crippen LogP contribution in [0, 0.1) is 5.41 Å². The fourth-order valence-electron chi connectivity index (χ4n) is 3.69. The van der Waals surface area contributed by atoms with E-state index in [1.165, 1.54) is 24.0 Å². The molecule has 0 unspecified atom stereocenters. The molecule has 2 aromatic carbocycles. The van der Waals surface area contributed by atoms with Crippen molar-refractivity contribution in [2.24, 2.45) is 5.41 Å². The predicted octanol–water partition coefficient (Wildman–Crippen LogP) is 3.26. The van der Waals surface area contributed by atoms with Crippen molar-refractivity contribution in [1.82, 2.24) is 9.62 Å². The number of halogens is 1. The minimum absolute atomic E-state index is 0.0281. The number of benzene rings is 2. The Morgan fingerprint density at radius 2 is 1.73 bits per heavy atom. The number of carboxylic acids is 1. The number of sulfonamides is 1. The first-order valence-electron chi connectivity index (χ1n) is 9.54. The first kappa shape index (κ1) is 22.5. The number of aliphatic carboxylic acids is 1. The molecule has 2 N–H and O–H groups in total. The highest BCUT2D eigenvalue weighted by Gasteiger charge is 2.54. The van der Waals surface area contributed by atoms with Gasteiger partial charge in [-0.15, -0.1) is 0 Å². The van der Waals surface area contributed by atoms with Gasteiger partial charge in [-0.2, -0.15) is 4.72 Å². The topological polar surface area (TPSA) is 104 Å². The van der Waals surface area contributed by atoms with Gasteiger partial charge in [0.25, 0.3) is 0 Å². The van der Waals surface area contributed by atoms with Crippen LogP contribution in [0.15, 0.2) is 41.3 Å². The molecule has 7 nitrogen and oxygen atoms in total. The Hall–Kier alpha value is -2.16. The van der Waals surface area contributed by atoms with Crippen molar-refractivity contribution in [2.75, 3.05) is 6.54 Å². The van der Waals surface area contributed by atoms with Crippen molar-refractivity contribution >= 4 is 44.3 Å². The van der Waals surface area contributed by atoms with E-state index in [0.29, 0.717) is 10.4 Å². The monoisotopic (exact) mass is 452 g/mol. The summed E-state index contributed by atoms with van der Waals surface area (Å²) < 4.78 is 28.3. The van der Waals surface area contributed by atoms with Crippen LogP contribution in [0.5, 0.6) is 0 Å². The Morgan fingerprint density at radius 1 is 1.13 bits per heavy atom. The zero-order valence-electron chi connectivity index (χ0n) is 17.3. The van der Waals surface area contributed by atoms with Gasteiger partial charge in [0.05, 0.1) is 4.90 Å². The molecule has 1 aliphatic heterocycles. The number of fused-ring (bicyclic) bond motifs is 1. The average Bonchev–Trinajstić information content (AvgIpc) is 2.99. The van der Waals surface area contributed by atoms with Crippen molar-refractivity contribution in [1.29, 1.82) is 0 Å². The highest BCUT2D eigenvalue weighted by Crippen LogP contribution is 2.38. The van der Waals surface area contributed by atoms with E-state index in [1.54, 1.807) is 45.0 Å². The van der Waals surface area contributed by atoms with Crippen LogP contribution in [-0.4, -0.2) is 48.4 Å². The van der Waals surface area contributed by atoms with E-state index in [9.17, 15) is 23.1 Å². The molecule has 0 saturated carbocycles. The number of nitrogens with one attached hydrogen (secondary N) is 1. The summed E-state index contributed by atoms with van der Waals surface area (Å²) in [7, 11) is -3.98. The van der Waals surface area contributed by atoms with Crippen LogP contribution in [-0.2, 0) is 19.6 Å². The predicted molar refractivity (Wildman–Crippen MR) is 115 cm³/mol. The molecule has 1 amide bonds. The highest BCUT2D eigenvalue weighted by atomic mass is 35.5. The largest absolute Gasteiger partial charge is 0.479 e. The lowest BCUT2D eigenvalue weighted by molar-refractivity contribution is -0.164. The number of amides is 1. The number of hydrogen-bond acceptors (Lipinski definition) is 4. The molecule has 0 spiro atoms. The summed E-state index contributed by atoms with van der Waals surface area (Å²) in [5.74, 6) is -1.66. The first-order chi connectivity index (χ1) is 13.8. The minimum Gasteiger partial charge on any atom is -0.479 e. The lowest BCUT2D eigenvalue weighted by Crippen LogP contribution is -2.62. The Morgan fingerprint density at radius 3 is 2.33 bits per heavy atom. The Balaban J connectivity index is 1.87. The number of carboxylic acid groups (broad SMARTS) is 1. The number of nitrogens with zero attached hydrogens (tertiary/aromatic N) is 1. The van der Waals surface area contributed by atoms with Crippen molar-refractivity contribution in [3.8, 4) is 0 Å². The number of carbonyl (C=O) groups is 2. The van der Waals surface area contributed by atoms with E-state index in [1.807, 2.05) is 0 Å². The maximum absolute atomic E-state index is 13.0. The molecule has 0 bridgehead atoms. The molecule has 1 fully saturated rings. The second-order valence-corrected chi connectivity index (χ2v) is 10.9. The third kappa shape index (κ3) is 3.79. The second-order valence-electron chi connectivity index (χ2n) is 8.73. The Labute approximate surface area is 181 Å². The van der Waals surface area contributed by atoms with Gasteiger partial charge in [0, 0.05) is 11.6 Å². The van der Waals surface area contributed by atoms with E-state index in [0.717, 1.165) is 5.39 Å². The second kappa shape index (κ2) is 7.51. The summed E-state index contributed by atoms with van der Waals surface area (Å²) in [6, 6.07) is 8.73. The third-order valence-corrected chi connectivity index (χ3v) is 7.71. The van der Waals surface area contributed by atoms with Gasteiger partial charge in [-0.3, -0.25) is 4.79 Å². The number of hydrogen-bond donors (Lipinski definition) is 2. The van der Waals surface area contributed by atoms with Crippen molar-refractivity contribution in [3.05, 3.63) is 41.4 Å². The normalized spacial score (nSPS) is 19.8. The first-order valence-corrected chi connectivity index (χ1v) is 11.4. The molecule has 2 aromatic rings. The summed E-state index contributed by atoms with van der Waals surface area (Å²) in [5.41, 5.74) is -2.21. The molecular weight excluding hydrogens is 428 g/mol. The fraction of sp³-hybridized carbons (Fsp3) is 0.429. The molecule has 1 aliphatic rings. The molecule has 0 aromatic heterocycles. The molecule has 0 radical (unpaired) electrons. The third-order valence-electron chi connectivity index (χ3n) is 6.00. The van der Waals surface area contributed by atoms with Gasteiger partial charge >= 0.3 is 5.97 Å². The Bertz CT molecular complexity index is 1130. The Kier molecular flexibility index (Phi) is 5.64. The van der Waals surface area contributed by atoms with Gasteiger partial charge in [-0.25, -0.2) is 13.2 Å². The highest BCUT2D eigenvalue weighted by molar-refractivity contribution is 7.89. The zero-order chi connectivity index (χ0) is 22.5. The smallest absolute Gasteiger partial charge is 0.329 e. The van der Waals surface area contributed by atoms with Gasteiger partial charge in [0.15, 0.2) is 0 Å². The molecule has 9 heteroatoms. The van der Waals surface area contributed by atoms with E-state index in [-0.39, 0.29) is 17.9 Å². The standard InChI is InChI=1S/C21H25ClN2O5S/c1-20(2,3)21(4,19(26)27)24-10-9-17(18(24)25)23-30(28,29)16-8-6-13-11-15(22)7-5-14(13)12-16/h5-8,11-12,17,23H,9-10H2,1-4H3,(H,26,27)/t17-,21-/m0/s1. The quantitative estimate of drug-likeness (QED) is 0.724. The average molecular weight is 453 g/mol. The van der Waals surface area contributed by atoms with Crippen molar-refractivity contribution < 1.29 is 23.1 Å². The summed E-state index contributed by atoms with van der Waals surface area (Å²) in [5, 5.41) is 11.9. The van der Waals surface area contributed by atoms with E-state index < -0.39 is 38.9 Å². The summed E-state index contributed by atoms with van der Waals surface area (Å²) >= 11 is 5.97. The van der Waals surface area contributed by atoms with Gasteiger partial charge in [-0.1, -0.05) is 44.5 Å². The van der Waals surface area contributed by atoms with Gasteiger partial charge < -0.3 is 10.0 Å². The van der Waals surface area contributed by atoms with E-state index in [2.05, 4.69) is 4.72 Å². The SMILES string of the molecule is CC(C)(C)[C@](C)(C(=O)O)N1CC[C@H](NS(=O)(=O)c2ccc3cc(Cl)ccc3c2)C1=O. The maximum Gasteiger partial charge on any atom is 0.329 e. The van der Waals surface area contributed by atoms with Crippen LogP contribution in [0.4, 0.5) is 0 Å². The van der Waals surface area contributed by atoms with Gasteiger partial charge in [-0.05, 0) is 53.8 Å². The molecule has 30 heavy (non-hydrogen) atoms. The molecule has 1 saturated heterocycles. The fourth-order valence-corrected chi connectivity index (χ4v) is 5.13. The zero-order valence-corrected chi connectivity index (χ0v) is 18.8. The van der Waals surface area contributed by atoms with Crippen LogP contribution >= 0.6 is 11.6 Å². The molecule has 2 atom stereocenters. The molecular formula is C21H25ClN2O5S. The van der Waals surface area contributed by atoms with Crippen LogP contribution in [0.1, 0.15) is 34.1 Å². The van der Waals surface area contributed by atoms with Crippen LogP contribution < -0.4 is 4.72 Å². The van der Waals surface area contributed by atoms with Crippen LogP contribution in [0.3, 0.4) is 0 Å². The lowest BCUT2D eigenvalue weighted by atomic mass is 9.73. The minimum atomic E-state index is -3.98. The molecule has 162 valence electrons. The summed E-state index contributed by atoms with van der Waals surface area (Å²) in [4.78, 5) is 26.3. The van der Waals surface area contributed by atoms with Crippen LogP contribution in [0.2, 0.25) is 5.02 Å². The van der Waals surface area contributed by atoms with E-state index in [4.69, 9.17) is 11.6 Å². The number of likely N-dealkylation sites (tertiary alicyclic amines) is 1. The van der Waals surface area contributed by atoms with Gasteiger partial charge in [0.1, 0.15) is 11.6 Å². The van der Waals surface area contributed by atoms with Gasteiger partial charge in [0.2, 0.25) is 15.9 Å². The van der Waals surface area contributed by atoms with E-state index >= 15 is 0 Å². The number of rotatable bonds is 5. The summed E-state index contributed by atoms with van der Waals surface area (Å²) in [6.07, 6.45) is 0.195. The summed E-state index contributed by atoms with van der Waals surface area (Å²) in [6.45, 7) is 6.88. The van der Waals surface area contributed by atoms with Crippen molar-refractivity contribution in [2.45, 2.75) is 50.6 Å². The maximum atomic E-state index is 13.0. The molecule has 1 heterocycles.